The van der Waals surface area contributed by atoms with Gasteiger partial charge in [0.15, 0.2) is 0 Å². The predicted octanol–water partition coefficient (Wildman–Crippen LogP) is 0.578. The molecule has 0 aromatic carbocycles. The molecule has 0 atom stereocenters. The van der Waals surface area contributed by atoms with Crippen LogP contribution in [0.3, 0.4) is 0 Å². The summed E-state index contributed by atoms with van der Waals surface area (Å²) in [5.74, 6) is 6.87. The molecule has 1 aromatic rings. The number of nitrogens with zero attached hydrogens (tertiary/aromatic N) is 4. The summed E-state index contributed by atoms with van der Waals surface area (Å²) in [7, 11) is 3.76. The van der Waals surface area contributed by atoms with Gasteiger partial charge in [0, 0.05) is 19.6 Å². The fourth-order valence-electron chi connectivity index (χ4n) is 1.79. The van der Waals surface area contributed by atoms with Crippen molar-refractivity contribution in [1.82, 2.24) is 15.0 Å². The lowest BCUT2D eigenvalue weighted by Gasteiger charge is -2.39. The van der Waals surface area contributed by atoms with E-state index in [1.165, 1.54) is 6.42 Å². The molecule has 1 aromatic heterocycles. The second-order valence-electron chi connectivity index (χ2n) is 4.86. The highest BCUT2D eigenvalue weighted by Crippen LogP contribution is 2.33. The molecule has 0 unspecified atom stereocenters. The lowest BCUT2D eigenvalue weighted by Crippen LogP contribution is -2.42. The molecule has 1 saturated carbocycles. The summed E-state index contributed by atoms with van der Waals surface area (Å²) < 4.78 is 0. The average molecular weight is 237 g/mol. The monoisotopic (exact) mass is 237 g/mol. The first-order valence-electron chi connectivity index (χ1n) is 5.71. The number of rotatable bonds is 4. The first kappa shape index (κ1) is 11.8. The third-order valence-corrected chi connectivity index (χ3v) is 3.02. The lowest BCUT2D eigenvalue weighted by atomic mass is 9.79. The van der Waals surface area contributed by atoms with Crippen LogP contribution in [0.4, 0.5) is 17.8 Å². The first-order valence-corrected chi connectivity index (χ1v) is 5.71. The Hall–Kier alpha value is -1.63. The van der Waals surface area contributed by atoms with E-state index in [1.807, 2.05) is 19.0 Å². The van der Waals surface area contributed by atoms with Gasteiger partial charge in [-0.25, -0.2) is 5.84 Å². The standard InChI is InChI=1S/C10H19N7/c1-10(5-4-6-10)15-7-12-8(16-11)14-9(13-7)17(2)3/h4-6,11H2,1-3H3,(H2,12,13,14,15,16). The van der Waals surface area contributed by atoms with E-state index in [4.69, 9.17) is 5.84 Å². The summed E-state index contributed by atoms with van der Waals surface area (Å²) in [6.45, 7) is 2.17. The van der Waals surface area contributed by atoms with Crippen molar-refractivity contribution in [3.63, 3.8) is 0 Å². The van der Waals surface area contributed by atoms with Crippen molar-refractivity contribution in [3.8, 4) is 0 Å². The zero-order chi connectivity index (χ0) is 12.5. The van der Waals surface area contributed by atoms with Crippen molar-refractivity contribution in [1.29, 1.82) is 0 Å². The largest absolute Gasteiger partial charge is 0.349 e. The summed E-state index contributed by atoms with van der Waals surface area (Å²) in [5.41, 5.74) is 2.56. The fourth-order valence-corrected chi connectivity index (χ4v) is 1.79. The minimum absolute atomic E-state index is 0.108. The second-order valence-corrected chi connectivity index (χ2v) is 4.86. The van der Waals surface area contributed by atoms with Crippen LogP contribution >= 0.6 is 0 Å². The Morgan fingerprint density at radius 1 is 1.18 bits per heavy atom. The van der Waals surface area contributed by atoms with Gasteiger partial charge in [-0.3, -0.25) is 5.43 Å². The Kier molecular flexibility index (Phi) is 3.01. The smallest absolute Gasteiger partial charge is 0.243 e. The zero-order valence-corrected chi connectivity index (χ0v) is 10.5. The minimum atomic E-state index is 0.108. The molecule has 1 heterocycles. The van der Waals surface area contributed by atoms with Gasteiger partial charge in [-0.15, -0.1) is 0 Å². The van der Waals surface area contributed by atoms with Crippen LogP contribution in [0.5, 0.6) is 0 Å². The van der Waals surface area contributed by atoms with Crippen LogP contribution in [-0.4, -0.2) is 34.6 Å². The van der Waals surface area contributed by atoms with Crippen LogP contribution in [0, 0.1) is 0 Å². The normalized spacial score (nSPS) is 17.2. The third-order valence-electron chi connectivity index (χ3n) is 3.02. The van der Waals surface area contributed by atoms with Crippen molar-refractivity contribution < 1.29 is 0 Å². The highest BCUT2D eigenvalue weighted by molar-refractivity contribution is 5.43. The van der Waals surface area contributed by atoms with Gasteiger partial charge in [-0.05, 0) is 26.2 Å². The molecule has 0 spiro atoms. The molecule has 0 bridgehead atoms. The summed E-state index contributed by atoms with van der Waals surface area (Å²) in [6, 6.07) is 0. The number of nitrogen functional groups attached to an aromatic ring is 1. The molecule has 7 heteroatoms. The van der Waals surface area contributed by atoms with E-state index < -0.39 is 0 Å². The number of hydrogen-bond acceptors (Lipinski definition) is 7. The maximum atomic E-state index is 5.35. The number of nitrogens with two attached hydrogens (primary N) is 1. The van der Waals surface area contributed by atoms with Gasteiger partial charge in [-0.1, -0.05) is 0 Å². The topological polar surface area (TPSA) is 92.0 Å². The van der Waals surface area contributed by atoms with Crippen molar-refractivity contribution >= 4 is 17.8 Å². The first-order chi connectivity index (χ1) is 8.02. The van der Waals surface area contributed by atoms with E-state index in [-0.39, 0.29) is 5.54 Å². The average Bonchev–Trinajstić information content (AvgIpc) is 2.26. The molecule has 4 N–H and O–H groups in total. The molecular formula is C10H19N7. The number of hydrogen-bond donors (Lipinski definition) is 3. The van der Waals surface area contributed by atoms with Gasteiger partial charge in [0.25, 0.3) is 0 Å². The van der Waals surface area contributed by atoms with Gasteiger partial charge in [0.1, 0.15) is 0 Å². The molecule has 1 aliphatic rings. The Labute approximate surface area is 101 Å². The van der Waals surface area contributed by atoms with Crippen molar-refractivity contribution in [2.24, 2.45) is 5.84 Å². The van der Waals surface area contributed by atoms with Crippen molar-refractivity contribution in [2.45, 2.75) is 31.7 Å². The zero-order valence-electron chi connectivity index (χ0n) is 10.5. The minimum Gasteiger partial charge on any atom is -0.349 e. The van der Waals surface area contributed by atoms with Crippen LogP contribution in [0.25, 0.3) is 0 Å². The molecule has 0 aliphatic heterocycles. The van der Waals surface area contributed by atoms with E-state index >= 15 is 0 Å². The van der Waals surface area contributed by atoms with Crippen LogP contribution in [-0.2, 0) is 0 Å². The molecular weight excluding hydrogens is 218 g/mol. The van der Waals surface area contributed by atoms with Crippen LogP contribution in [0.1, 0.15) is 26.2 Å². The Morgan fingerprint density at radius 3 is 2.29 bits per heavy atom. The van der Waals surface area contributed by atoms with Gasteiger partial charge < -0.3 is 10.2 Å². The third kappa shape index (κ3) is 2.55. The summed E-state index contributed by atoms with van der Waals surface area (Å²) in [5, 5.41) is 3.34. The van der Waals surface area contributed by atoms with Crippen LogP contribution < -0.4 is 21.5 Å². The molecule has 0 amide bonds. The highest BCUT2D eigenvalue weighted by Gasteiger charge is 2.32. The number of hydrazine groups is 1. The predicted molar refractivity (Wildman–Crippen MR) is 67.8 cm³/mol. The molecule has 94 valence electrons. The fraction of sp³-hybridized carbons (Fsp3) is 0.700. The van der Waals surface area contributed by atoms with E-state index in [1.54, 1.807) is 0 Å². The molecule has 0 saturated heterocycles. The van der Waals surface area contributed by atoms with Crippen LogP contribution in [0.15, 0.2) is 0 Å². The van der Waals surface area contributed by atoms with Gasteiger partial charge >= 0.3 is 0 Å². The summed E-state index contributed by atoms with van der Waals surface area (Å²) in [6.07, 6.45) is 3.53. The number of aromatic nitrogens is 3. The van der Waals surface area contributed by atoms with E-state index in [2.05, 4.69) is 32.6 Å². The highest BCUT2D eigenvalue weighted by atomic mass is 15.4. The molecule has 17 heavy (non-hydrogen) atoms. The Balaban J connectivity index is 2.23. The van der Waals surface area contributed by atoms with Gasteiger partial charge in [-0.2, -0.15) is 15.0 Å². The van der Waals surface area contributed by atoms with Crippen molar-refractivity contribution in [3.05, 3.63) is 0 Å². The van der Waals surface area contributed by atoms with Crippen molar-refractivity contribution in [2.75, 3.05) is 29.7 Å². The quantitative estimate of drug-likeness (QED) is 0.521. The van der Waals surface area contributed by atoms with Gasteiger partial charge in [0.2, 0.25) is 17.8 Å². The van der Waals surface area contributed by atoms with E-state index in [0.717, 1.165) is 12.8 Å². The van der Waals surface area contributed by atoms with E-state index in [0.29, 0.717) is 17.8 Å². The lowest BCUT2D eigenvalue weighted by molar-refractivity contribution is 0.304. The summed E-state index contributed by atoms with van der Waals surface area (Å²) >= 11 is 0. The molecule has 0 radical (unpaired) electrons. The number of nitrogens with one attached hydrogen (secondary N) is 2. The summed E-state index contributed by atoms with van der Waals surface area (Å²) in [4.78, 5) is 14.5. The van der Waals surface area contributed by atoms with Gasteiger partial charge in [0.05, 0.1) is 0 Å². The molecule has 1 fully saturated rings. The maximum Gasteiger partial charge on any atom is 0.243 e. The number of anilines is 3. The SMILES string of the molecule is CN(C)c1nc(NN)nc(NC2(C)CCC2)n1. The van der Waals surface area contributed by atoms with E-state index in [9.17, 15) is 0 Å². The molecule has 7 nitrogen and oxygen atoms in total. The molecule has 1 aliphatic carbocycles. The van der Waals surface area contributed by atoms with Crippen LogP contribution in [0.2, 0.25) is 0 Å². The Bertz CT molecular complexity index is 400. The second kappa shape index (κ2) is 4.33. The Morgan fingerprint density at radius 2 is 1.82 bits per heavy atom. The maximum absolute atomic E-state index is 5.35. The molecule has 2 rings (SSSR count).